The maximum Gasteiger partial charge on any atom is 0.416 e. The van der Waals surface area contributed by atoms with Crippen LogP contribution in [0.5, 0.6) is 0 Å². The molecule has 5 aromatic rings. The number of halogens is 3. The Balaban J connectivity index is 1.78. The molecule has 0 aliphatic carbocycles. The van der Waals surface area contributed by atoms with Crippen molar-refractivity contribution in [2.75, 3.05) is 0 Å². The molecule has 3 nitrogen and oxygen atoms in total. The van der Waals surface area contributed by atoms with Gasteiger partial charge in [0.25, 0.3) is 0 Å². The molecule has 0 spiro atoms. The van der Waals surface area contributed by atoms with Gasteiger partial charge in [0.05, 0.1) is 11.5 Å². The summed E-state index contributed by atoms with van der Waals surface area (Å²) in [6.07, 6.45) is -4.51. The van der Waals surface area contributed by atoms with Gasteiger partial charge in [0, 0.05) is 33.6 Å². The van der Waals surface area contributed by atoms with Gasteiger partial charge >= 0.3 is 6.18 Å². The lowest BCUT2D eigenvalue weighted by atomic mass is 9.73. The third-order valence-electron chi connectivity index (χ3n) is 6.87. The van der Waals surface area contributed by atoms with Gasteiger partial charge in [-0.3, -0.25) is 9.59 Å². The molecule has 0 amide bonds. The van der Waals surface area contributed by atoms with E-state index in [-0.39, 0.29) is 0 Å². The average Bonchev–Trinajstić information content (AvgIpc) is 3.27. The highest BCUT2D eigenvalue weighted by atomic mass is 19.4. The Morgan fingerprint density at radius 3 is 1.71 bits per heavy atom. The second kappa shape index (κ2) is 10.1. The highest BCUT2D eigenvalue weighted by molar-refractivity contribution is 6.17. The molecular weight excluding hydrogens is 487 g/mol. The minimum absolute atomic E-state index is 0.358. The van der Waals surface area contributed by atoms with Crippen LogP contribution >= 0.6 is 0 Å². The lowest BCUT2D eigenvalue weighted by Crippen LogP contribution is -2.32. The van der Waals surface area contributed by atoms with Crippen molar-refractivity contribution in [3.63, 3.8) is 0 Å². The molecule has 1 aromatic heterocycles. The number of aromatic amines is 1. The third kappa shape index (κ3) is 4.77. The molecule has 6 heteroatoms. The minimum Gasteiger partial charge on any atom is -0.358 e. The van der Waals surface area contributed by atoms with E-state index in [1.54, 1.807) is 60.7 Å². The zero-order valence-electron chi connectivity index (χ0n) is 20.5. The molecule has 1 heterocycles. The summed E-state index contributed by atoms with van der Waals surface area (Å²) in [7, 11) is 0. The topological polar surface area (TPSA) is 49.9 Å². The summed E-state index contributed by atoms with van der Waals surface area (Å²) >= 11 is 0. The number of rotatable bonds is 7. The van der Waals surface area contributed by atoms with E-state index in [1.165, 1.54) is 12.1 Å². The van der Waals surface area contributed by atoms with Crippen molar-refractivity contribution < 1.29 is 22.8 Å². The van der Waals surface area contributed by atoms with Crippen LogP contribution < -0.4 is 0 Å². The van der Waals surface area contributed by atoms with Gasteiger partial charge in [0.2, 0.25) is 0 Å². The Labute approximate surface area is 218 Å². The molecule has 0 radical (unpaired) electrons. The largest absolute Gasteiger partial charge is 0.416 e. The SMILES string of the molecule is Cc1[nH]c2ccccc2c1[C@H](c1ccc(C(F)(F)F)cc1)C(C(=O)c1ccccc1)C(=O)c1ccccc1. The molecule has 4 aromatic carbocycles. The van der Waals surface area contributed by atoms with Gasteiger partial charge in [-0.1, -0.05) is 91.0 Å². The van der Waals surface area contributed by atoms with Gasteiger partial charge in [-0.05, 0) is 36.2 Å². The summed E-state index contributed by atoms with van der Waals surface area (Å²) in [6.45, 7) is 1.85. The van der Waals surface area contributed by atoms with Gasteiger partial charge in [-0.15, -0.1) is 0 Å². The van der Waals surface area contributed by atoms with Crippen LogP contribution in [0, 0.1) is 12.8 Å². The molecule has 38 heavy (non-hydrogen) atoms. The van der Waals surface area contributed by atoms with Crippen LogP contribution in [-0.2, 0) is 6.18 Å². The van der Waals surface area contributed by atoms with E-state index in [0.717, 1.165) is 28.7 Å². The van der Waals surface area contributed by atoms with Gasteiger partial charge in [0.1, 0.15) is 0 Å². The van der Waals surface area contributed by atoms with E-state index in [2.05, 4.69) is 4.98 Å². The Hall–Kier alpha value is -4.45. The first-order valence-corrected chi connectivity index (χ1v) is 12.2. The number of hydrogen-bond acceptors (Lipinski definition) is 2. The van der Waals surface area contributed by atoms with E-state index in [0.29, 0.717) is 22.3 Å². The van der Waals surface area contributed by atoms with E-state index in [9.17, 15) is 22.8 Å². The summed E-state index contributed by atoms with van der Waals surface area (Å²) in [5.41, 5.74) is 2.63. The van der Waals surface area contributed by atoms with Crippen LogP contribution in [0.25, 0.3) is 10.9 Å². The predicted octanol–water partition coefficient (Wildman–Crippen LogP) is 8.01. The maximum absolute atomic E-state index is 14.1. The Kier molecular flexibility index (Phi) is 6.72. The lowest BCUT2D eigenvalue weighted by molar-refractivity contribution is -0.137. The zero-order chi connectivity index (χ0) is 26.9. The second-order valence-electron chi connectivity index (χ2n) is 9.24. The average molecular weight is 512 g/mol. The van der Waals surface area contributed by atoms with E-state index < -0.39 is 35.1 Å². The number of Topliss-reactive ketones (excluding diaryl/α,β-unsaturated/α-hetero) is 2. The van der Waals surface area contributed by atoms with Crippen molar-refractivity contribution in [3.05, 3.63) is 143 Å². The van der Waals surface area contributed by atoms with Crippen molar-refractivity contribution in [1.82, 2.24) is 4.98 Å². The smallest absolute Gasteiger partial charge is 0.358 e. The van der Waals surface area contributed by atoms with E-state index in [4.69, 9.17) is 0 Å². The van der Waals surface area contributed by atoms with Crippen LogP contribution in [0.3, 0.4) is 0 Å². The number of carbonyl (C=O) groups excluding carboxylic acids is 2. The van der Waals surface area contributed by atoms with Crippen LogP contribution in [-0.4, -0.2) is 16.6 Å². The molecule has 0 saturated carbocycles. The fourth-order valence-electron chi connectivity index (χ4n) is 5.09. The van der Waals surface area contributed by atoms with Crippen LogP contribution in [0.4, 0.5) is 13.2 Å². The molecule has 0 unspecified atom stereocenters. The monoisotopic (exact) mass is 511 g/mol. The van der Waals surface area contributed by atoms with Gasteiger partial charge in [-0.2, -0.15) is 13.2 Å². The number of aromatic nitrogens is 1. The summed E-state index contributed by atoms with van der Waals surface area (Å²) in [5.74, 6) is -2.84. The number of para-hydroxylation sites is 1. The number of alkyl halides is 3. The number of aryl methyl sites for hydroxylation is 1. The number of carbonyl (C=O) groups is 2. The van der Waals surface area contributed by atoms with Crippen molar-refractivity contribution in [2.24, 2.45) is 5.92 Å². The summed E-state index contributed by atoms with van der Waals surface area (Å²) in [4.78, 5) is 31.6. The quantitative estimate of drug-likeness (QED) is 0.178. The standard InChI is InChI=1S/C32H24F3NO2/c1-20-27(25-14-8-9-15-26(25)36-20)28(21-16-18-24(19-17-21)32(33,34)35)29(30(37)22-10-4-2-5-11-22)31(38)23-12-6-3-7-13-23/h2-19,28-29,36H,1H3/t28-/m0/s1. The fraction of sp³-hybridized carbons (Fsp3) is 0.125. The van der Waals surface area contributed by atoms with Crippen molar-refractivity contribution in [3.8, 4) is 0 Å². The van der Waals surface area contributed by atoms with Crippen LogP contribution in [0.2, 0.25) is 0 Å². The molecule has 0 aliphatic heterocycles. The maximum atomic E-state index is 14.1. The number of fused-ring (bicyclic) bond motifs is 1. The molecule has 1 atom stereocenters. The highest BCUT2D eigenvalue weighted by Gasteiger charge is 2.40. The fourth-order valence-corrected chi connectivity index (χ4v) is 5.09. The van der Waals surface area contributed by atoms with Gasteiger partial charge in [0.15, 0.2) is 11.6 Å². The molecule has 190 valence electrons. The Morgan fingerprint density at radius 2 is 1.18 bits per heavy atom. The molecule has 1 N–H and O–H groups in total. The Morgan fingerprint density at radius 1 is 0.684 bits per heavy atom. The van der Waals surface area contributed by atoms with Crippen LogP contribution in [0.15, 0.2) is 109 Å². The molecule has 5 rings (SSSR count). The normalized spacial score (nSPS) is 12.6. The third-order valence-corrected chi connectivity index (χ3v) is 6.87. The molecule has 0 aliphatic rings. The molecule has 0 saturated heterocycles. The van der Waals surface area contributed by atoms with E-state index >= 15 is 0 Å². The number of H-pyrrole nitrogens is 1. The molecular formula is C32H24F3NO2. The van der Waals surface area contributed by atoms with Gasteiger partial charge in [-0.25, -0.2) is 0 Å². The van der Waals surface area contributed by atoms with E-state index in [1.807, 2.05) is 31.2 Å². The lowest BCUT2D eigenvalue weighted by Gasteiger charge is -2.27. The Bertz CT molecular complexity index is 1540. The minimum atomic E-state index is -4.51. The van der Waals surface area contributed by atoms with Gasteiger partial charge < -0.3 is 4.98 Å². The first-order chi connectivity index (χ1) is 18.3. The zero-order valence-corrected chi connectivity index (χ0v) is 20.5. The number of hydrogen-bond donors (Lipinski definition) is 1. The van der Waals surface area contributed by atoms with Crippen molar-refractivity contribution in [2.45, 2.75) is 19.0 Å². The van der Waals surface area contributed by atoms with Crippen molar-refractivity contribution in [1.29, 1.82) is 0 Å². The first-order valence-electron chi connectivity index (χ1n) is 12.2. The van der Waals surface area contributed by atoms with Crippen molar-refractivity contribution >= 4 is 22.5 Å². The number of nitrogens with one attached hydrogen (secondary N) is 1. The summed E-state index contributed by atoms with van der Waals surface area (Å²) < 4.78 is 40.2. The number of ketones is 2. The number of benzene rings is 4. The summed E-state index contributed by atoms with van der Waals surface area (Å²) in [5, 5.41) is 0.807. The molecule has 0 bridgehead atoms. The van der Waals surface area contributed by atoms with Crippen LogP contribution in [0.1, 0.15) is 49.0 Å². The molecule has 0 fully saturated rings. The first kappa shape index (κ1) is 25.2. The predicted molar refractivity (Wildman–Crippen MR) is 141 cm³/mol. The second-order valence-corrected chi connectivity index (χ2v) is 9.24. The highest BCUT2D eigenvalue weighted by Crippen LogP contribution is 2.42. The summed E-state index contributed by atoms with van der Waals surface area (Å²) in [6, 6.07) is 29.3.